The Kier molecular flexibility index (Phi) is 5.64. The summed E-state index contributed by atoms with van der Waals surface area (Å²) >= 11 is 1.29. The highest BCUT2D eigenvalue weighted by Crippen LogP contribution is 2.32. The first-order chi connectivity index (χ1) is 16.7. The van der Waals surface area contributed by atoms with E-state index in [9.17, 15) is 9.59 Å². The number of benzene rings is 1. The number of fused-ring (bicyclic) bond motifs is 1. The number of rotatable bonds is 4. The van der Waals surface area contributed by atoms with Crippen LogP contribution < -0.4 is 20.2 Å². The maximum atomic E-state index is 13.7. The van der Waals surface area contributed by atoms with Gasteiger partial charge in [0.2, 0.25) is 0 Å². The van der Waals surface area contributed by atoms with Gasteiger partial charge in [-0.05, 0) is 57.5 Å². The number of carbonyl (C=O) groups excluding carboxylic acids is 1. The van der Waals surface area contributed by atoms with Crippen molar-refractivity contribution < 1.29 is 9.21 Å². The van der Waals surface area contributed by atoms with Crippen molar-refractivity contribution in [2.75, 3.05) is 5.32 Å². The van der Waals surface area contributed by atoms with Gasteiger partial charge in [0.15, 0.2) is 4.80 Å². The molecule has 1 aliphatic rings. The fourth-order valence-electron chi connectivity index (χ4n) is 4.29. The van der Waals surface area contributed by atoms with E-state index in [2.05, 4.69) is 15.4 Å². The molecule has 4 heterocycles. The molecule has 35 heavy (non-hydrogen) atoms. The van der Waals surface area contributed by atoms with Gasteiger partial charge in [-0.15, -0.1) is 0 Å². The van der Waals surface area contributed by atoms with Crippen LogP contribution in [0.15, 0.2) is 68.1 Å². The van der Waals surface area contributed by atoms with Gasteiger partial charge in [0.1, 0.15) is 17.6 Å². The number of hydrogen-bond donors (Lipinski definition) is 1. The molecule has 1 aromatic carbocycles. The Labute approximate surface area is 205 Å². The number of allylic oxidation sites excluding steroid dienone is 1. The molecule has 9 heteroatoms. The van der Waals surface area contributed by atoms with Crippen LogP contribution in [0.4, 0.5) is 5.69 Å². The van der Waals surface area contributed by atoms with Crippen molar-refractivity contribution in [3.05, 3.63) is 102 Å². The Morgan fingerprint density at radius 2 is 1.91 bits per heavy atom. The normalized spacial score (nSPS) is 15.8. The highest BCUT2D eigenvalue weighted by Gasteiger charge is 2.34. The molecular formula is C26H25N5O3S. The summed E-state index contributed by atoms with van der Waals surface area (Å²) in [4.78, 5) is 32.4. The highest BCUT2D eigenvalue weighted by molar-refractivity contribution is 7.07. The van der Waals surface area contributed by atoms with E-state index in [1.807, 2.05) is 76.5 Å². The number of para-hydroxylation sites is 1. The number of furan rings is 1. The number of amides is 1. The third-order valence-corrected chi connectivity index (χ3v) is 7.01. The van der Waals surface area contributed by atoms with Gasteiger partial charge in [0, 0.05) is 24.5 Å². The van der Waals surface area contributed by atoms with Crippen LogP contribution in [0, 0.1) is 20.8 Å². The van der Waals surface area contributed by atoms with Crippen LogP contribution in [0.1, 0.15) is 41.3 Å². The van der Waals surface area contributed by atoms with Gasteiger partial charge in [-0.25, -0.2) is 4.99 Å². The van der Waals surface area contributed by atoms with Crippen molar-refractivity contribution in [1.82, 2.24) is 14.3 Å². The lowest BCUT2D eigenvalue weighted by atomic mass is 10.00. The van der Waals surface area contributed by atoms with E-state index in [4.69, 9.17) is 4.42 Å². The molecule has 0 fully saturated rings. The molecule has 0 bridgehead atoms. The predicted molar refractivity (Wildman–Crippen MR) is 135 cm³/mol. The van der Waals surface area contributed by atoms with Crippen LogP contribution in [-0.2, 0) is 11.8 Å². The number of anilines is 1. The number of nitrogens with zero attached hydrogens (tertiary/aromatic N) is 4. The maximum absolute atomic E-state index is 13.7. The summed E-state index contributed by atoms with van der Waals surface area (Å²) in [5.41, 5.74) is 4.01. The molecule has 4 aromatic rings. The lowest BCUT2D eigenvalue weighted by Crippen LogP contribution is -2.40. The molecule has 8 nitrogen and oxygen atoms in total. The van der Waals surface area contributed by atoms with Gasteiger partial charge in [-0.2, -0.15) is 5.10 Å². The van der Waals surface area contributed by atoms with Crippen LogP contribution in [0.3, 0.4) is 0 Å². The number of hydrogen-bond acceptors (Lipinski definition) is 6. The highest BCUT2D eigenvalue weighted by atomic mass is 32.1. The molecule has 5 rings (SSSR count). The monoisotopic (exact) mass is 487 g/mol. The van der Waals surface area contributed by atoms with Gasteiger partial charge >= 0.3 is 0 Å². The Morgan fingerprint density at radius 1 is 1.14 bits per heavy atom. The standard InChI is InChI=1S/C26H25N5O3S/c1-14-8-6-7-9-19(14)28-24(32)22-17(4)27-26-31(23(22)20-11-10-15(2)34-20)25(33)21(35-26)12-18-13-30(5)29-16(18)3/h6-13,23H,1-5H3,(H,28,32)/b21-12+. The summed E-state index contributed by atoms with van der Waals surface area (Å²) < 4.78 is 9.74. The van der Waals surface area contributed by atoms with Gasteiger partial charge in [-0.3, -0.25) is 18.8 Å². The van der Waals surface area contributed by atoms with E-state index in [1.54, 1.807) is 16.2 Å². The number of aromatic nitrogens is 3. The second kappa shape index (κ2) is 8.66. The summed E-state index contributed by atoms with van der Waals surface area (Å²) in [6.45, 7) is 7.45. The van der Waals surface area contributed by atoms with E-state index in [0.717, 1.165) is 16.8 Å². The molecule has 3 aromatic heterocycles. The molecule has 178 valence electrons. The van der Waals surface area contributed by atoms with Crippen molar-refractivity contribution in [3.63, 3.8) is 0 Å². The predicted octanol–water partition coefficient (Wildman–Crippen LogP) is 3.13. The smallest absolute Gasteiger partial charge is 0.271 e. The summed E-state index contributed by atoms with van der Waals surface area (Å²) in [6, 6.07) is 10.5. The average Bonchev–Trinajstić information content (AvgIpc) is 3.46. The van der Waals surface area contributed by atoms with Crippen LogP contribution in [0.5, 0.6) is 0 Å². The fourth-order valence-corrected chi connectivity index (χ4v) is 5.32. The van der Waals surface area contributed by atoms with Crippen molar-refractivity contribution >= 4 is 29.0 Å². The van der Waals surface area contributed by atoms with Gasteiger partial charge in [-0.1, -0.05) is 29.5 Å². The van der Waals surface area contributed by atoms with Crippen LogP contribution in [0.2, 0.25) is 0 Å². The lowest BCUT2D eigenvalue weighted by molar-refractivity contribution is -0.113. The van der Waals surface area contributed by atoms with Crippen molar-refractivity contribution in [1.29, 1.82) is 0 Å². The number of aryl methyl sites for hydroxylation is 4. The number of thiazole rings is 1. The quantitative estimate of drug-likeness (QED) is 0.479. The van der Waals surface area contributed by atoms with Gasteiger partial charge in [0.05, 0.1) is 21.5 Å². The minimum absolute atomic E-state index is 0.232. The molecule has 1 aliphatic heterocycles. The molecule has 1 amide bonds. The molecule has 1 unspecified atom stereocenters. The van der Waals surface area contributed by atoms with Gasteiger partial charge in [0.25, 0.3) is 11.5 Å². The molecule has 1 N–H and O–H groups in total. The Hall–Kier alpha value is -3.98. The zero-order chi connectivity index (χ0) is 24.9. The van der Waals surface area contributed by atoms with E-state index in [-0.39, 0.29) is 11.5 Å². The summed E-state index contributed by atoms with van der Waals surface area (Å²) in [6.07, 6.45) is 3.69. The largest absolute Gasteiger partial charge is 0.464 e. The first kappa shape index (κ1) is 22.8. The lowest BCUT2D eigenvalue weighted by Gasteiger charge is -2.23. The first-order valence-electron chi connectivity index (χ1n) is 11.2. The SMILES string of the molecule is CC1=C(C(=O)Nc2ccccc2C)C(c2ccc(C)o2)n2c(s/c(=C/c3cn(C)nc3C)c2=O)=N1. The molecule has 0 spiro atoms. The minimum Gasteiger partial charge on any atom is -0.464 e. The van der Waals surface area contributed by atoms with Crippen LogP contribution in [-0.4, -0.2) is 20.3 Å². The van der Waals surface area contributed by atoms with E-state index in [0.29, 0.717) is 37.8 Å². The summed E-state index contributed by atoms with van der Waals surface area (Å²) in [5, 5.41) is 7.35. The molecule has 0 saturated heterocycles. The molecule has 0 saturated carbocycles. The Bertz CT molecular complexity index is 1680. The van der Waals surface area contributed by atoms with Crippen molar-refractivity contribution in [2.45, 2.75) is 33.7 Å². The topological polar surface area (TPSA) is 94.4 Å². The zero-order valence-corrected chi connectivity index (χ0v) is 20.9. The van der Waals surface area contributed by atoms with Crippen LogP contribution >= 0.6 is 11.3 Å². The van der Waals surface area contributed by atoms with Crippen molar-refractivity contribution in [2.24, 2.45) is 12.0 Å². The summed E-state index contributed by atoms with van der Waals surface area (Å²) in [5.74, 6) is 0.885. The molecular weight excluding hydrogens is 462 g/mol. The molecule has 0 aliphatic carbocycles. The number of nitrogens with one attached hydrogen (secondary N) is 1. The fraction of sp³-hybridized carbons (Fsp3) is 0.231. The van der Waals surface area contributed by atoms with Gasteiger partial charge < -0.3 is 9.73 Å². The van der Waals surface area contributed by atoms with Crippen LogP contribution in [0.25, 0.3) is 6.08 Å². The van der Waals surface area contributed by atoms with E-state index in [1.165, 1.54) is 11.3 Å². The summed E-state index contributed by atoms with van der Waals surface area (Å²) in [7, 11) is 1.84. The molecule has 1 atom stereocenters. The average molecular weight is 488 g/mol. The first-order valence-corrected chi connectivity index (χ1v) is 12.0. The Morgan fingerprint density at radius 3 is 2.57 bits per heavy atom. The maximum Gasteiger partial charge on any atom is 0.271 e. The second-order valence-electron chi connectivity index (χ2n) is 8.64. The van der Waals surface area contributed by atoms with E-state index < -0.39 is 6.04 Å². The third kappa shape index (κ3) is 4.08. The van der Waals surface area contributed by atoms with E-state index >= 15 is 0 Å². The number of carbonyl (C=O) groups is 1. The Balaban J connectivity index is 1.68. The minimum atomic E-state index is -0.735. The second-order valence-corrected chi connectivity index (χ2v) is 9.65. The molecule has 0 radical (unpaired) electrons. The van der Waals surface area contributed by atoms with Crippen molar-refractivity contribution in [3.8, 4) is 0 Å². The third-order valence-electron chi connectivity index (χ3n) is 6.03. The zero-order valence-electron chi connectivity index (χ0n) is 20.1.